The molecule has 3 heterocycles. The van der Waals surface area contributed by atoms with E-state index in [1.165, 1.54) is 44.6 Å². The highest BCUT2D eigenvalue weighted by Gasteiger charge is 2.40. The Hall–Kier alpha value is -1.07. The van der Waals surface area contributed by atoms with Crippen molar-refractivity contribution < 1.29 is 0 Å². The van der Waals surface area contributed by atoms with Gasteiger partial charge in [-0.15, -0.1) is 12.4 Å². The minimum Gasteiger partial charge on any atom is -0.316 e. The fraction of sp³-hybridized carbons (Fsp3) is 0.471. The average Bonchev–Trinajstić information content (AvgIpc) is 3.24. The molecule has 4 nitrogen and oxygen atoms in total. The summed E-state index contributed by atoms with van der Waals surface area (Å²) in [4.78, 5) is 2.57. The number of H-pyrrole nitrogens is 1. The fourth-order valence-corrected chi connectivity index (χ4v) is 3.97. The van der Waals surface area contributed by atoms with E-state index in [0.717, 1.165) is 22.8 Å². The number of halogens is 2. The van der Waals surface area contributed by atoms with Crippen LogP contribution in [0.5, 0.6) is 0 Å². The third-order valence-electron chi connectivity index (χ3n) is 5.09. The zero-order chi connectivity index (χ0) is 15.0. The van der Waals surface area contributed by atoms with Crippen molar-refractivity contribution in [2.24, 2.45) is 5.41 Å². The van der Waals surface area contributed by atoms with Gasteiger partial charge in [0.05, 0.1) is 11.9 Å². The summed E-state index contributed by atoms with van der Waals surface area (Å²) < 4.78 is 0. The maximum absolute atomic E-state index is 5.98. The molecule has 0 radical (unpaired) electrons. The minimum atomic E-state index is 0. The third kappa shape index (κ3) is 3.41. The number of hydrogen-bond acceptors (Lipinski definition) is 3. The van der Waals surface area contributed by atoms with Crippen LogP contribution >= 0.6 is 24.0 Å². The summed E-state index contributed by atoms with van der Waals surface area (Å²) >= 11 is 5.98. The van der Waals surface area contributed by atoms with Crippen LogP contribution in [0.1, 0.15) is 18.4 Å². The molecule has 2 aliphatic rings. The van der Waals surface area contributed by atoms with E-state index in [2.05, 4.69) is 20.4 Å². The average molecular weight is 353 g/mol. The van der Waals surface area contributed by atoms with Crippen molar-refractivity contribution in [3.63, 3.8) is 0 Å². The molecule has 2 aliphatic heterocycles. The molecular formula is C17H22Cl2N4. The molecule has 4 rings (SSSR count). The molecule has 0 amide bonds. The molecule has 2 saturated heterocycles. The number of aromatic nitrogens is 2. The molecule has 0 aliphatic carbocycles. The van der Waals surface area contributed by atoms with Gasteiger partial charge in [-0.25, -0.2) is 0 Å². The Kier molecular flexibility index (Phi) is 4.97. The van der Waals surface area contributed by atoms with E-state index < -0.39 is 0 Å². The molecule has 1 unspecified atom stereocenters. The van der Waals surface area contributed by atoms with Crippen molar-refractivity contribution in [3.05, 3.63) is 41.0 Å². The van der Waals surface area contributed by atoms with Gasteiger partial charge in [0, 0.05) is 30.2 Å². The van der Waals surface area contributed by atoms with Gasteiger partial charge < -0.3 is 5.32 Å². The molecule has 124 valence electrons. The van der Waals surface area contributed by atoms with E-state index in [1.54, 1.807) is 0 Å². The van der Waals surface area contributed by atoms with Gasteiger partial charge in [-0.1, -0.05) is 23.7 Å². The van der Waals surface area contributed by atoms with Crippen molar-refractivity contribution in [3.8, 4) is 11.3 Å². The second kappa shape index (κ2) is 6.81. The summed E-state index contributed by atoms with van der Waals surface area (Å²) in [6.45, 7) is 5.71. The normalized spacial score (nSPS) is 24.2. The monoisotopic (exact) mass is 352 g/mol. The van der Waals surface area contributed by atoms with Crippen LogP contribution in [0, 0.1) is 5.41 Å². The van der Waals surface area contributed by atoms with E-state index in [0.29, 0.717) is 5.41 Å². The molecule has 23 heavy (non-hydrogen) atoms. The molecule has 1 atom stereocenters. The Labute approximate surface area is 148 Å². The largest absolute Gasteiger partial charge is 0.316 e. The number of benzene rings is 1. The smallest absolute Gasteiger partial charge is 0.0695 e. The van der Waals surface area contributed by atoms with Gasteiger partial charge in [-0.05, 0) is 49.0 Å². The molecule has 1 aromatic heterocycles. The lowest BCUT2D eigenvalue weighted by atomic mass is 9.86. The van der Waals surface area contributed by atoms with Gasteiger partial charge in [0.25, 0.3) is 0 Å². The van der Waals surface area contributed by atoms with Crippen LogP contribution < -0.4 is 5.32 Å². The zero-order valence-corrected chi connectivity index (χ0v) is 14.6. The molecule has 2 fully saturated rings. The first-order valence-electron chi connectivity index (χ1n) is 7.95. The minimum absolute atomic E-state index is 0. The van der Waals surface area contributed by atoms with Crippen LogP contribution in [-0.2, 0) is 6.54 Å². The highest BCUT2D eigenvalue weighted by molar-refractivity contribution is 6.30. The molecule has 1 aromatic carbocycles. The maximum Gasteiger partial charge on any atom is 0.0695 e. The number of rotatable bonds is 3. The van der Waals surface area contributed by atoms with E-state index in [1.807, 2.05) is 30.5 Å². The number of nitrogens with zero attached hydrogens (tertiary/aromatic N) is 2. The second-order valence-corrected chi connectivity index (χ2v) is 7.10. The van der Waals surface area contributed by atoms with Gasteiger partial charge in [0.2, 0.25) is 0 Å². The van der Waals surface area contributed by atoms with E-state index in [9.17, 15) is 0 Å². The molecule has 6 heteroatoms. The predicted octanol–water partition coefficient (Wildman–Crippen LogP) is 3.34. The standard InChI is InChI=1S/C17H21ClN4.ClH/c18-15-3-1-13(2-4-15)16-14(9-20-21-16)10-22-8-6-17(12-22)5-7-19-11-17;/h1-4,9,19H,5-8,10-12H2,(H,20,21);1H. The summed E-state index contributed by atoms with van der Waals surface area (Å²) in [5.74, 6) is 0. The van der Waals surface area contributed by atoms with E-state index >= 15 is 0 Å². The summed E-state index contributed by atoms with van der Waals surface area (Å²) in [6, 6.07) is 7.95. The van der Waals surface area contributed by atoms with Crippen molar-refractivity contribution in [1.82, 2.24) is 20.4 Å². The zero-order valence-electron chi connectivity index (χ0n) is 13.0. The van der Waals surface area contributed by atoms with Crippen LogP contribution in [-0.4, -0.2) is 41.3 Å². The SMILES string of the molecule is Cl.Clc1ccc(-c2[nH]ncc2CN2CCC3(CCNC3)C2)cc1. The number of nitrogens with one attached hydrogen (secondary N) is 2. The summed E-state index contributed by atoms with van der Waals surface area (Å²) in [5.41, 5.74) is 4.05. The van der Waals surface area contributed by atoms with Crippen molar-refractivity contribution in [2.45, 2.75) is 19.4 Å². The van der Waals surface area contributed by atoms with Crippen LogP contribution in [0.4, 0.5) is 0 Å². The first-order valence-corrected chi connectivity index (χ1v) is 8.33. The van der Waals surface area contributed by atoms with Gasteiger partial charge in [-0.2, -0.15) is 5.10 Å². The summed E-state index contributed by atoms with van der Waals surface area (Å²) in [7, 11) is 0. The molecule has 2 aromatic rings. The van der Waals surface area contributed by atoms with Crippen LogP contribution in [0.25, 0.3) is 11.3 Å². The number of aromatic amines is 1. The lowest BCUT2D eigenvalue weighted by molar-refractivity contribution is 0.269. The topological polar surface area (TPSA) is 44.0 Å². The fourth-order valence-electron chi connectivity index (χ4n) is 3.84. The molecular weight excluding hydrogens is 331 g/mol. The Bertz CT molecular complexity index is 647. The third-order valence-corrected chi connectivity index (χ3v) is 5.35. The van der Waals surface area contributed by atoms with Gasteiger partial charge >= 0.3 is 0 Å². The first kappa shape index (κ1) is 16.8. The highest BCUT2D eigenvalue weighted by Crippen LogP contribution is 2.37. The number of hydrogen-bond donors (Lipinski definition) is 2. The van der Waals surface area contributed by atoms with Crippen LogP contribution in [0.2, 0.25) is 5.02 Å². The second-order valence-electron chi connectivity index (χ2n) is 6.66. The lowest BCUT2D eigenvalue weighted by Gasteiger charge is -2.22. The van der Waals surface area contributed by atoms with Crippen molar-refractivity contribution in [1.29, 1.82) is 0 Å². The van der Waals surface area contributed by atoms with Crippen molar-refractivity contribution in [2.75, 3.05) is 26.2 Å². The molecule has 1 spiro atoms. The van der Waals surface area contributed by atoms with Gasteiger partial charge in [0.1, 0.15) is 0 Å². The van der Waals surface area contributed by atoms with E-state index in [-0.39, 0.29) is 12.4 Å². The summed E-state index contributed by atoms with van der Waals surface area (Å²) in [6.07, 6.45) is 4.59. The van der Waals surface area contributed by atoms with Gasteiger partial charge in [0.15, 0.2) is 0 Å². The van der Waals surface area contributed by atoms with Gasteiger partial charge in [-0.3, -0.25) is 10.00 Å². The van der Waals surface area contributed by atoms with Crippen molar-refractivity contribution >= 4 is 24.0 Å². The predicted molar refractivity (Wildman–Crippen MR) is 96.1 cm³/mol. The Balaban J connectivity index is 0.00000156. The highest BCUT2D eigenvalue weighted by atomic mass is 35.5. The maximum atomic E-state index is 5.98. The molecule has 0 bridgehead atoms. The first-order chi connectivity index (χ1) is 10.7. The molecule has 0 saturated carbocycles. The lowest BCUT2D eigenvalue weighted by Crippen LogP contribution is -2.28. The summed E-state index contributed by atoms with van der Waals surface area (Å²) in [5, 5.41) is 11.7. The van der Waals surface area contributed by atoms with Crippen LogP contribution in [0.15, 0.2) is 30.5 Å². The van der Waals surface area contributed by atoms with Crippen LogP contribution in [0.3, 0.4) is 0 Å². The van der Waals surface area contributed by atoms with E-state index in [4.69, 9.17) is 11.6 Å². The Morgan fingerprint density at radius 2 is 2.04 bits per heavy atom. The number of likely N-dealkylation sites (tertiary alicyclic amines) is 1. The molecule has 2 N–H and O–H groups in total. The Morgan fingerprint density at radius 1 is 1.22 bits per heavy atom. The Morgan fingerprint density at radius 3 is 2.78 bits per heavy atom. The quantitative estimate of drug-likeness (QED) is 0.890.